The third-order valence-electron chi connectivity index (χ3n) is 3.74. The van der Waals surface area contributed by atoms with Crippen LogP contribution >= 0.6 is 11.8 Å². The predicted molar refractivity (Wildman–Crippen MR) is 77.2 cm³/mol. The topological polar surface area (TPSA) is 52.9 Å². The van der Waals surface area contributed by atoms with Gasteiger partial charge in [0.1, 0.15) is 0 Å². The first-order valence-corrected chi connectivity index (χ1v) is 7.66. The smallest absolute Gasteiger partial charge is 0.230 e. The van der Waals surface area contributed by atoms with Gasteiger partial charge in [0.25, 0.3) is 0 Å². The summed E-state index contributed by atoms with van der Waals surface area (Å²) in [4.78, 5) is 14.4. The molecule has 1 unspecified atom stereocenters. The molecule has 100 valence electrons. The Labute approximate surface area is 116 Å². The molecular formula is C14H16N2O2S. The van der Waals surface area contributed by atoms with Gasteiger partial charge in [0.05, 0.1) is 11.4 Å². The van der Waals surface area contributed by atoms with Crippen LogP contribution in [0.15, 0.2) is 29.4 Å². The van der Waals surface area contributed by atoms with E-state index >= 15 is 0 Å². The fraction of sp³-hybridized carbons (Fsp3) is 0.429. The van der Waals surface area contributed by atoms with Crippen LogP contribution in [0.3, 0.4) is 0 Å². The molecule has 1 amide bonds. The van der Waals surface area contributed by atoms with Gasteiger partial charge in [-0.1, -0.05) is 23.4 Å². The van der Waals surface area contributed by atoms with E-state index in [0.29, 0.717) is 18.7 Å². The molecule has 2 aliphatic heterocycles. The summed E-state index contributed by atoms with van der Waals surface area (Å²) in [5, 5.41) is 12.4. The van der Waals surface area contributed by atoms with Crippen LogP contribution in [0.2, 0.25) is 0 Å². The minimum Gasteiger partial charge on any atom is -0.411 e. The van der Waals surface area contributed by atoms with Gasteiger partial charge < -0.3 is 10.1 Å². The molecule has 0 aromatic heterocycles. The van der Waals surface area contributed by atoms with Gasteiger partial charge in [0, 0.05) is 30.2 Å². The first kappa shape index (κ1) is 12.5. The highest BCUT2D eigenvalue weighted by molar-refractivity contribution is 7.99. The molecule has 0 radical (unpaired) electrons. The van der Waals surface area contributed by atoms with Crippen molar-refractivity contribution in [3.05, 3.63) is 29.8 Å². The van der Waals surface area contributed by atoms with Gasteiger partial charge in [-0.3, -0.25) is 4.79 Å². The van der Waals surface area contributed by atoms with Crippen LogP contribution in [-0.4, -0.2) is 34.9 Å². The minimum atomic E-state index is 0.144. The van der Waals surface area contributed by atoms with Crippen LogP contribution in [0, 0.1) is 5.92 Å². The molecular weight excluding hydrogens is 260 g/mol. The van der Waals surface area contributed by atoms with E-state index in [9.17, 15) is 4.79 Å². The summed E-state index contributed by atoms with van der Waals surface area (Å²) in [5.74, 6) is 2.37. The Kier molecular flexibility index (Phi) is 3.46. The summed E-state index contributed by atoms with van der Waals surface area (Å²) >= 11 is 1.85. The molecule has 5 heteroatoms. The molecule has 1 atom stereocenters. The molecule has 2 aliphatic rings. The summed E-state index contributed by atoms with van der Waals surface area (Å²) in [6, 6.07) is 7.67. The second-order valence-electron chi connectivity index (χ2n) is 4.86. The van der Waals surface area contributed by atoms with Gasteiger partial charge >= 0.3 is 0 Å². The van der Waals surface area contributed by atoms with Crippen LogP contribution in [0.5, 0.6) is 0 Å². The number of rotatable bonds is 1. The number of carbonyl (C=O) groups is 1. The maximum atomic E-state index is 12.6. The highest BCUT2D eigenvalue weighted by atomic mass is 32.2. The average Bonchev–Trinajstić information content (AvgIpc) is 2.99. The van der Waals surface area contributed by atoms with Crippen molar-refractivity contribution in [3.8, 4) is 0 Å². The Morgan fingerprint density at radius 2 is 2.26 bits per heavy atom. The molecule has 19 heavy (non-hydrogen) atoms. The predicted octanol–water partition coefficient (Wildman–Crippen LogP) is 2.35. The van der Waals surface area contributed by atoms with Crippen molar-refractivity contribution in [2.45, 2.75) is 12.8 Å². The molecule has 4 nitrogen and oxygen atoms in total. The zero-order valence-electron chi connectivity index (χ0n) is 10.6. The van der Waals surface area contributed by atoms with Gasteiger partial charge in [-0.25, -0.2) is 0 Å². The van der Waals surface area contributed by atoms with Crippen LogP contribution in [0.1, 0.15) is 18.4 Å². The first-order valence-electron chi connectivity index (χ1n) is 6.50. The SMILES string of the molecule is O=C(C1CCSC1)N1CCC(=NO)c2ccccc21. The van der Waals surface area contributed by atoms with Crippen molar-refractivity contribution < 1.29 is 10.0 Å². The standard InChI is InChI=1S/C14H16N2O2S/c17-14(10-6-8-19-9-10)16-7-5-12(15-18)11-3-1-2-4-13(11)16/h1-4,10,18H,5-9H2. The summed E-state index contributed by atoms with van der Waals surface area (Å²) in [6.45, 7) is 0.608. The quantitative estimate of drug-likeness (QED) is 0.633. The lowest BCUT2D eigenvalue weighted by atomic mass is 9.97. The zero-order valence-corrected chi connectivity index (χ0v) is 11.4. The molecule has 0 aliphatic carbocycles. The lowest BCUT2D eigenvalue weighted by molar-refractivity contribution is -0.121. The largest absolute Gasteiger partial charge is 0.411 e. The lowest BCUT2D eigenvalue weighted by Crippen LogP contribution is -2.41. The maximum Gasteiger partial charge on any atom is 0.230 e. The van der Waals surface area contributed by atoms with Crippen molar-refractivity contribution in [3.63, 3.8) is 0 Å². The van der Waals surface area contributed by atoms with E-state index in [4.69, 9.17) is 5.21 Å². The molecule has 2 heterocycles. The Bertz CT molecular complexity index is 524. The lowest BCUT2D eigenvalue weighted by Gasteiger charge is -2.31. The molecule has 1 fully saturated rings. The van der Waals surface area contributed by atoms with Gasteiger partial charge in [-0.2, -0.15) is 11.8 Å². The molecule has 1 aromatic carbocycles. The van der Waals surface area contributed by atoms with Crippen molar-refractivity contribution in [2.75, 3.05) is 23.0 Å². The van der Waals surface area contributed by atoms with Crippen LogP contribution < -0.4 is 4.90 Å². The van der Waals surface area contributed by atoms with Crippen molar-refractivity contribution in [1.82, 2.24) is 0 Å². The number of carbonyl (C=O) groups excluding carboxylic acids is 1. The third kappa shape index (κ3) is 2.23. The highest BCUT2D eigenvalue weighted by Gasteiger charge is 2.32. The highest BCUT2D eigenvalue weighted by Crippen LogP contribution is 2.32. The number of fused-ring (bicyclic) bond motifs is 1. The van der Waals surface area contributed by atoms with E-state index in [2.05, 4.69) is 5.16 Å². The summed E-state index contributed by atoms with van der Waals surface area (Å²) in [7, 11) is 0. The monoisotopic (exact) mass is 276 g/mol. The number of thioether (sulfide) groups is 1. The van der Waals surface area contributed by atoms with Crippen LogP contribution in [-0.2, 0) is 4.79 Å². The fourth-order valence-corrected chi connectivity index (χ4v) is 3.92. The van der Waals surface area contributed by atoms with Gasteiger partial charge in [0.2, 0.25) is 5.91 Å². The molecule has 1 saturated heterocycles. The Balaban J connectivity index is 1.93. The Morgan fingerprint density at radius 1 is 1.42 bits per heavy atom. The third-order valence-corrected chi connectivity index (χ3v) is 4.91. The van der Waals surface area contributed by atoms with E-state index in [1.807, 2.05) is 40.9 Å². The minimum absolute atomic E-state index is 0.144. The number of para-hydroxylation sites is 1. The number of oxime groups is 1. The molecule has 0 saturated carbocycles. The van der Waals surface area contributed by atoms with Gasteiger partial charge in [0.15, 0.2) is 0 Å². The van der Waals surface area contributed by atoms with Gasteiger partial charge in [-0.15, -0.1) is 0 Å². The fourth-order valence-electron chi connectivity index (χ4n) is 2.71. The first-order chi connectivity index (χ1) is 9.31. The molecule has 1 aromatic rings. The summed E-state index contributed by atoms with van der Waals surface area (Å²) in [5.41, 5.74) is 2.42. The summed E-state index contributed by atoms with van der Waals surface area (Å²) in [6.07, 6.45) is 1.59. The van der Waals surface area contributed by atoms with E-state index < -0.39 is 0 Å². The molecule has 0 spiro atoms. The molecule has 3 rings (SSSR count). The molecule has 0 bridgehead atoms. The van der Waals surface area contributed by atoms with Gasteiger partial charge in [-0.05, 0) is 18.2 Å². The number of hydrogen-bond acceptors (Lipinski definition) is 4. The van der Waals surface area contributed by atoms with E-state index in [0.717, 1.165) is 29.2 Å². The average molecular weight is 276 g/mol. The summed E-state index contributed by atoms with van der Waals surface area (Å²) < 4.78 is 0. The van der Waals surface area contributed by atoms with Crippen LogP contribution in [0.25, 0.3) is 0 Å². The number of anilines is 1. The second kappa shape index (κ2) is 5.25. The number of benzene rings is 1. The Morgan fingerprint density at radius 3 is 3.00 bits per heavy atom. The molecule has 1 N–H and O–H groups in total. The number of nitrogens with zero attached hydrogens (tertiary/aromatic N) is 2. The normalized spacial score (nSPS) is 24.5. The Hall–Kier alpha value is -1.49. The number of hydrogen-bond donors (Lipinski definition) is 1. The van der Waals surface area contributed by atoms with E-state index in [1.165, 1.54) is 0 Å². The van der Waals surface area contributed by atoms with E-state index in [-0.39, 0.29) is 11.8 Å². The van der Waals surface area contributed by atoms with Crippen LogP contribution in [0.4, 0.5) is 5.69 Å². The van der Waals surface area contributed by atoms with Crippen molar-refractivity contribution >= 4 is 29.1 Å². The number of amides is 1. The van der Waals surface area contributed by atoms with Crippen molar-refractivity contribution in [2.24, 2.45) is 11.1 Å². The van der Waals surface area contributed by atoms with Crippen molar-refractivity contribution in [1.29, 1.82) is 0 Å². The second-order valence-corrected chi connectivity index (χ2v) is 6.01. The van der Waals surface area contributed by atoms with E-state index in [1.54, 1.807) is 0 Å². The maximum absolute atomic E-state index is 12.6. The zero-order chi connectivity index (χ0) is 13.2.